The van der Waals surface area contributed by atoms with Crippen molar-refractivity contribution >= 4 is 5.91 Å². The van der Waals surface area contributed by atoms with Crippen molar-refractivity contribution in [3.8, 4) is 0 Å². The van der Waals surface area contributed by atoms with Crippen LogP contribution in [0.4, 0.5) is 0 Å². The van der Waals surface area contributed by atoms with Gasteiger partial charge in [-0.15, -0.1) is 0 Å². The van der Waals surface area contributed by atoms with Gasteiger partial charge in [-0.25, -0.2) is 9.67 Å². The van der Waals surface area contributed by atoms with Crippen LogP contribution in [-0.4, -0.2) is 51.2 Å². The topological polar surface area (TPSA) is 63.1 Å². The molecule has 15 heavy (non-hydrogen) atoms. The molecule has 0 radical (unpaired) electrons. The SMILES string of the molecule is C[C@@H]1CN(C(=O)Cn2cncn2)CCN1. The van der Waals surface area contributed by atoms with E-state index in [4.69, 9.17) is 0 Å². The van der Waals surface area contributed by atoms with Gasteiger partial charge >= 0.3 is 0 Å². The van der Waals surface area contributed by atoms with Crippen LogP contribution < -0.4 is 5.32 Å². The number of carbonyl (C=O) groups is 1. The Labute approximate surface area is 88.3 Å². The van der Waals surface area contributed by atoms with Crippen LogP contribution in [0, 0.1) is 0 Å². The molecule has 0 unspecified atom stereocenters. The molecule has 0 bridgehead atoms. The summed E-state index contributed by atoms with van der Waals surface area (Å²) in [5.74, 6) is 0.105. The highest BCUT2D eigenvalue weighted by molar-refractivity contribution is 5.76. The number of aromatic nitrogens is 3. The van der Waals surface area contributed by atoms with Gasteiger partial charge in [0.2, 0.25) is 5.91 Å². The molecule has 2 heterocycles. The Balaban J connectivity index is 1.90. The molecule has 1 saturated heterocycles. The van der Waals surface area contributed by atoms with E-state index >= 15 is 0 Å². The summed E-state index contributed by atoms with van der Waals surface area (Å²) in [5.41, 5.74) is 0. The predicted octanol–water partition coefficient (Wildman–Crippen LogP) is -0.902. The standard InChI is InChI=1S/C9H15N5O/c1-8-4-13(3-2-11-8)9(15)5-14-7-10-6-12-14/h6-8,11H,2-5H2,1H3/t8-/m1/s1. The summed E-state index contributed by atoms with van der Waals surface area (Å²) >= 11 is 0. The van der Waals surface area contributed by atoms with E-state index < -0.39 is 0 Å². The van der Waals surface area contributed by atoms with Crippen molar-refractivity contribution in [2.45, 2.75) is 19.5 Å². The van der Waals surface area contributed by atoms with Gasteiger partial charge in [0.1, 0.15) is 19.2 Å². The Hall–Kier alpha value is -1.43. The summed E-state index contributed by atoms with van der Waals surface area (Å²) in [5, 5.41) is 7.21. The number of rotatable bonds is 2. The van der Waals surface area contributed by atoms with E-state index in [9.17, 15) is 4.79 Å². The van der Waals surface area contributed by atoms with E-state index in [1.807, 2.05) is 4.90 Å². The fraction of sp³-hybridized carbons (Fsp3) is 0.667. The molecule has 1 aliphatic heterocycles. The lowest BCUT2D eigenvalue weighted by atomic mass is 10.2. The molecular formula is C9H15N5O. The fourth-order valence-electron chi connectivity index (χ4n) is 1.71. The van der Waals surface area contributed by atoms with Crippen LogP contribution in [-0.2, 0) is 11.3 Å². The maximum Gasteiger partial charge on any atom is 0.244 e. The Kier molecular flexibility index (Phi) is 2.96. The number of amides is 1. The summed E-state index contributed by atoms with van der Waals surface area (Å²) in [4.78, 5) is 17.5. The lowest BCUT2D eigenvalue weighted by Gasteiger charge is -2.31. The summed E-state index contributed by atoms with van der Waals surface area (Å²) < 4.78 is 1.55. The van der Waals surface area contributed by atoms with E-state index in [-0.39, 0.29) is 12.5 Å². The average molecular weight is 209 g/mol. The number of carbonyl (C=O) groups excluding carboxylic acids is 1. The maximum absolute atomic E-state index is 11.8. The second kappa shape index (κ2) is 4.39. The third-order valence-corrected chi connectivity index (χ3v) is 2.49. The molecule has 6 heteroatoms. The van der Waals surface area contributed by atoms with E-state index in [0.29, 0.717) is 6.04 Å². The highest BCUT2D eigenvalue weighted by Gasteiger charge is 2.20. The fourth-order valence-corrected chi connectivity index (χ4v) is 1.71. The molecule has 0 aliphatic carbocycles. The largest absolute Gasteiger partial charge is 0.338 e. The first-order valence-corrected chi connectivity index (χ1v) is 5.09. The number of nitrogens with one attached hydrogen (secondary N) is 1. The van der Waals surface area contributed by atoms with Crippen molar-refractivity contribution < 1.29 is 4.79 Å². The number of hydrogen-bond acceptors (Lipinski definition) is 4. The molecule has 1 amide bonds. The summed E-state index contributed by atoms with van der Waals surface area (Å²) in [7, 11) is 0. The predicted molar refractivity (Wildman–Crippen MR) is 54.1 cm³/mol. The van der Waals surface area contributed by atoms with Gasteiger partial charge in [0, 0.05) is 25.7 Å². The van der Waals surface area contributed by atoms with Crippen molar-refractivity contribution in [1.29, 1.82) is 0 Å². The van der Waals surface area contributed by atoms with Gasteiger partial charge in [-0.3, -0.25) is 4.79 Å². The van der Waals surface area contributed by atoms with E-state index in [1.165, 1.54) is 6.33 Å². The number of piperazine rings is 1. The molecule has 0 aromatic carbocycles. The first-order chi connectivity index (χ1) is 7.25. The first kappa shape index (κ1) is 10.1. The monoisotopic (exact) mass is 209 g/mol. The van der Waals surface area contributed by atoms with Gasteiger partial charge in [0.25, 0.3) is 0 Å². The molecular weight excluding hydrogens is 194 g/mol. The van der Waals surface area contributed by atoms with Crippen LogP contribution in [0.5, 0.6) is 0 Å². The van der Waals surface area contributed by atoms with Crippen LogP contribution in [0.2, 0.25) is 0 Å². The van der Waals surface area contributed by atoms with Gasteiger partial charge < -0.3 is 10.2 Å². The summed E-state index contributed by atoms with van der Waals surface area (Å²) in [6.45, 7) is 4.78. The molecule has 1 fully saturated rings. The molecule has 1 aromatic heterocycles. The minimum atomic E-state index is 0.105. The Morgan fingerprint density at radius 1 is 1.67 bits per heavy atom. The highest BCUT2D eigenvalue weighted by atomic mass is 16.2. The number of nitrogens with zero attached hydrogens (tertiary/aromatic N) is 4. The second-order valence-electron chi connectivity index (χ2n) is 3.79. The first-order valence-electron chi connectivity index (χ1n) is 5.09. The molecule has 1 atom stereocenters. The lowest BCUT2D eigenvalue weighted by molar-refractivity contribution is -0.133. The van der Waals surface area contributed by atoms with Crippen molar-refractivity contribution in [2.75, 3.05) is 19.6 Å². The molecule has 0 spiro atoms. The molecule has 2 rings (SSSR count). The zero-order chi connectivity index (χ0) is 10.7. The summed E-state index contributed by atoms with van der Waals surface area (Å²) in [6.07, 6.45) is 3.00. The zero-order valence-corrected chi connectivity index (χ0v) is 8.76. The maximum atomic E-state index is 11.8. The highest BCUT2D eigenvalue weighted by Crippen LogP contribution is 2.00. The molecule has 1 aromatic rings. The molecule has 1 aliphatic rings. The van der Waals surface area contributed by atoms with Crippen LogP contribution in [0.15, 0.2) is 12.7 Å². The smallest absolute Gasteiger partial charge is 0.244 e. The quantitative estimate of drug-likeness (QED) is 0.685. The normalized spacial score (nSPS) is 21.7. The third kappa shape index (κ3) is 2.53. The third-order valence-electron chi connectivity index (χ3n) is 2.49. The lowest BCUT2D eigenvalue weighted by Crippen LogP contribution is -2.52. The average Bonchev–Trinajstić information content (AvgIpc) is 2.70. The molecule has 6 nitrogen and oxygen atoms in total. The molecule has 82 valence electrons. The minimum absolute atomic E-state index is 0.105. The minimum Gasteiger partial charge on any atom is -0.338 e. The Morgan fingerprint density at radius 2 is 2.53 bits per heavy atom. The molecule has 0 saturated carbocycles. The molecule has 1 N–H and O–H groups in total. The van der Waals surface area contributed by atoms with Crippen LogP contribution in [0.3, 0.4) is 0 Å². The zero-order valence-electron chi connectivity index (χ0n) is 8.76. The Bertz CT molecular complexity index is 323. The van der Waals surface area contributed by atoms with Gasteiger partial charge in [0.15, 0.2) is 0 Å². The van der Waals surface area contributed by atoms with Gasteiger partial charge in [-0.2, -0.15) is 5.10 Å². The van der Waals surface area contributed by atoms with Gasteiger partial charge in [-0.1, -0.05) is 0 Å². The van der Waals surface area contributed by atoms with Crippen LogP contribution >= 0.6 is 0 Å². The second-order valence-corrected chi connectivity index (χ2v) is 3.79. The summed E-state index contributed by atoms with van der Waals surface area (Å²) in [6, 6.07) is 0.374. The van der Waals surface area contributed by atoms with Gasteiger partial charge in [0.05, 0.1) is 0 Å². The van der Waals surface area contributed by atoms with Crippen LogP contribution in [0.1, 0.15) is 6.92 Å². The van der Waals surface area contributed by atoms with Crippen molar-refractivity contribution in [2.24, 2.45) is 0 Å². The van der Waals surface area contributed by atoms with E-state index in [1.54, 1.807) is 11.0 Å². The van der Waals surface area contributed by atoms with Crippen LogP contribution in [0.25, 0.3) is 0 Å². The van der Waals surface area contributed by atoms with Crippen molar-refractivity contribution in [3.63, 3.8) is 0 Å². The van der Waals surface area contributed by atoms with E-state index in [2.05, 4.69) is 22.3 Å². The Morgan fingerprint density at radius 3 is 3.20 bits per heavy atom. The van der Waals surface area contributed by atoms with Crippen molar-refractivity contribution in [1.82, 2.24) is 25.0 Å². The number of hydrogen-bond donors (Lipinski definition) is 1. The van der Waals surface area contributed by atoms with Crippen molar-refractivity contribution in [3.05, 3.63) is 12.7 Å². The van der Waals surface area contributed by atoms with E-state index in [0.717, 1.165) is 19.6 Å². The van der Waals surface area contributed by atoms with Gasteiger partial charge in [-0.05, 0) is 6.92 Å².